The Hall–Kier alpha value is -3.56. The number of hydrogen-bond acceptors (Lipinski definition) is 8. The van der Waals surface area contributed by atoms with Crippen LogP contribution in [0.25, 0.3) is 0 Å². The summed E-state index contributed by atoms with van der Waals surface area (Å²) in [6.07, 6.45) is 0.524. The highest BCUT2D eigenvalue weighted by molar-refractivity contribution is 5.94. The number of rotatable bonds is 8. The fraction of sp³-hybridized carbons (Fsp3) is 0.360. The minimum atomic E-state index is -0.652. The highest BCUT2D eigenvalue weighted by atomic mass is 16.7. The summed E-state index contributed by atoms with van der Waals surface area (Å²) in [6.45, 7) is 0.632. The van der Waals surface area contributed by atoms with Gasteiger partial charge in [-0.15, -0.1) is 0 Å². The normalized spacial score (nSPS) is 21.3. The van der Waals surface area contributed by atoms with Crippen LogP contribution in [0.4, 0.5) is 0 Å². The molecule has 3 atom stereocenters. The van der Waals surface area contributed by atoms with E-state index in [-0.39, 0.29) is 32.0 Å². The molecule has 3 heterocycles. The van der Waals surface area contributed by atoms with Crippen molar-refractivity contribution in [2.45, 2.75) is 44.2 Å². The highest BCUT2D eigenvalue weighted by Gasteiger charge is 2.31. The minimum Gasteiger partial charge on any atom is -0.486 e. The molecule has 2 N–H and O–H groups in total. The van der Waals surface area contributed by atoms with E-state index in [1.54, 1.807) is 18.2 Å². The zero-order valence-corrected chi connectivity index (χ0v) is 18.5. The Balaban J connectivity index is 1.11. The zero-order chi connectivity index (χ0) is 23.3. The van der Waals surface area contributed by atoms with Crippen molar-refractivity contribution in [2.75, 3.05) is 13.3 Å². The van der Waals surface area contributed by atoms with Crippen LogP contribution in [0.15, 0.2) is 59.1 Å². The summed E-state index contributed by atoms with van der Waals surface area (Å²) >= 11 is 0. The van der Waals surface area contributed by atoms with Gasteiger partial charge >= 0.3 is 0 Å². The van der Waals surface area contributed by atoms with Gasteiger partial charge in [-0.05, 0) is 43.2 Å². The van der Waals surface area contributed by atoms with Gasteiger partial charge in [-0.1, -0.05) is 23.4 Å². The predicted molar refractivity (Wildman–Crippen MR) is 120 cm³/mol. The SMILES string of the molecule is O=C(NCC1OC(Cc2cc(COc3ccccc3)on2)CCC1O)c1ccc2c(c1)OCO2. The van der Waals surface area contributed by atoms with Crippen LogP contribution in [0.3, 0.4) is 0 Å². The summed E-state index contributed by atoms with van der Waals surface area (Å²) in [5.74, 6) is 2.28. The van der Waals surface area contributed by atoms with Crippen LogP contribution in [-0.4, -0.2) is 47.8 Å². The van der Waals surface area contributed by atoms with E-state index in [0.717, 1.165) is 11.4 Å². The molecule has 178 valence electrons. The number of benzene rings is 2. The number of aromatic nitrogens is 1. The van der Waals surface area contributed by atoms with Crippen molar-refractivity contribution in [1.29, 1.82) is 0 Å². The average molecular weight is 466 g/mol. The van der Waals surface area contributed by atoms with Gasteiger partial charge in [0.05, 0.1) is 17.9 Å². The number of nitrogens with zero attached hydrogens (tertiary/aromatic N) is 1. The van der Waals surface area contributed by atoms with Gasteiger partial charge in [-0.3, -0.25) is 4.79 Å². The lowest BCUT2D eigenvalue weighted by molar-refractivity contribution is -0.114. The number of carbonyl (C=O) groups excluding carboxylic acids is 1. The fourth-order valence-electron chi connectivity index (χ4n) is 4.04. The molecule has 0 radical (unpaired) electrons. The fourth-order valence-corrected chi connectivity index (χ4v) is 4.04. The van der Waals surface area contributed by atoms with Gasteiger partial charge in [0.1, 0.15) is 18.5 Å². The average Bonchev–Trinajstić information content (AvgIpc) is 3.52. The molecule has 0 spiro atoms. The first-order valence-corrected chi connectivity index (χ1v) is 11.3. The molecule has 5 rings (SSSR count). The van der Waals surface area contributed by atoms with Gasteiger partial charge in [-0.2, -0.15) is 0 Å². The second-order valence-corrected chi connectivity index (χ2v) is 8.31. The van der Waals surface area contributed by atoms with Gasteiger partial charge in [0.15, 0.2) is 17.3 Å². The third kappa shape index (κ3) is 5.32. The Bertz CT molecular complexity index is 1120. The maximum Gasteiger partial charge on any atom is 0.251 e. The first-order valence-electron chi connectivity index (χ1n) is 11.3. The van der Waals surface area contributed by atoms with E-state index >= 15 is 0 Å². The summed E-state index contributed by atoms with van der Waals surface area (Å²) < 4.78 is 27.7. The van der Waals surface area contributed by atoms with Gasteiger partial charge in [0, 0.05) is 24.6 Å². The molecule has 1 saturated heterocycles. The monoisotopic (exact) mass is 466 g/mol. The quantitative estimate of drug-likeness (QED) is 0.521. The molecule has 1 aromatic heterocycles. The summed E-state index contributed by atoms with van der Waals surface area (Å²) in [7, 11) is 0. The number of para-hydroxylation sites is 1. The first-order chi connectivity index (χ1) is 16.6. The highest BCUT2D eigenvalue weighted by Crippen LogP contribution is 2.32. The molecule has 2 aromatic carbocycles. The van der Waals surface area contributed by atoms with Crippen LogP contribution in [0.2, 0.25) is 0 Å². The van der Waals surface area contributed by atoms with E-state index in [2.05, 4.69) is 10.5 Å². The second kappa shape index (κ2) is 10.1. The molecule has 0 aliphatic carbocycles. The van der Waals surface area contributed by atoms with Crippen LogP contribution in [-0.2, 0) is 17.8 Å². The Morgan fingerprint density at radius 2 is 1.94 bits per heavy atom. The third-order valence-corrected chi connectivity index (χ3v) is 5.85. The number of aliphatic hydroxyl groups is 1. The number of nitrogens with one attached hydrogen (secondary N) is 1. The molecule has 3 aromatic rings. The van der Waals surface area contributed by atoms with Gasteiger partial charge in [-0.25, -0.2) is 0 Å². The minimum absolute atomic E-state index is 0.135. The molecule has 0 bridgehead atoms. The van der Waals surface area contributed by atoms with Crippen molar-refractivity contribution in [1.82, 2.24) is 10.5 Å². The van der Waals surface area contributed by atoms with Crippen molar-refractivity contribution in [3.05, 3.63) is 71.6 Å². The molecule has 9 heteroatoms. The topological polar surface area (TPSA) is 112 Å². The van der Waals surface area contributed by atoms with E-state index in [1.807, 2.05) is 36.4 Å². The van der Waals surface area contributed by atoms with Crippen LogP contribution >= 0.6 is 0 Å². The maximum absolute atomic E-state index is 12.6. The Morgan fingerprint density at radius 1 is 1.09 bits per heavy atom. The van der Waals surface area contributed by atoms with E-state index in [0.29, 0.717) is 42.1 Å². The summed E-state index contributed by atoms with van der Waals surface area (Å²) in [5, 5.41) is 17.3. The largest absolute Gasteiger partial charge is 0.486 e. The molecule has 34 heavy (non-hydrogen) atoms. The number of amides is 1. The molecular formula is C25H26N2O7. The molecule has 1 fully saturated rings. The molecule has 9 nitrogen and oxygen atoms in total. The van der Waals surface area contributed by atoms with Crippen LogP contribution in [0, 0.1) is 0 Å². The van der Waals surface area contributed by atoms with E-state index in [1.165, 1.54) is 0 Å². The van der Waals surface area contributed by atoms with Crippen LogP contribution in [0.5, 0.6) is 17.2 Å². The van der Waals surface area contributed by atoms with Gasteiger partial charge < -0.3 is 33.9 Å². The van der Waals surface area contributed by atoms with Gasteiger partial charge in [0.2, 0.25) is 6.79 Å². The second-order valence-electron chi connectivity index (χ2n) is 8.31. The molecule has 1 amide bonds. The summed E-state index contributed by atoms with van der Waals surface area (Å²) in [6, 6.07) is 16.4. The molecule has 0 saturated carbocycles. The summed E-state index contributed by atoms with van der Waals surface area (Å²) in [5.41, 5.74) is 1.22. The standard InChI is InChI=1S/C25H26N2O7/c28-21-8-7-19(11-17-12-20(34-27-17)14-30-18-4-2-1-3-5-18)33-24(21)13-26-25(29)16-6-9-22-23(10-16)32-15-31-22/h1-6,9-10,12,19,21,24,28H,7-8,11,13-15H2,(H,26,29). The van der Waals surface area contributed by atoms with Crippen molar-refractivity contribution in [2.24, 2.45) is 0 Å². The number of hydrogen-bond donors (Lipinski definition) is 2. The molecule has 2 aliphatic rings. The van der Waals surface area contributed by atoms with E-state index < -0.39 is 12.2 Å². The lowest BCUT2D eigenvalue weighted by Gasteiger charge is -2.33. The molecule has 2 aliphatic heterocycles. The van der Waals surface area contributed by atoms with Crippen molar-refractivity contribution >= 4 is 5.91 Å². The van der Waals surface area contributed by atoms with E-state index in [4.69, 9.17) is 23.5 Å². The number of carbonyl (C=O) groups is 1. The van der Waals surface area contributed by atoms with Gasteiger partial charge in [0.25, 0.3) is 5.91 Å². The van der Waals surface area contributed by atoms with Crippen molar-refractivity contribution in [3.8, 4) is 17.2 Å². The number of aliphatic hydroxyl groups excluding tert-OH is 1. The molecule has 3 unspecified atom stereocenters. The summed E-state index contributed by atoms with van der Waals surface area (Å²) in [4.78, 5) is 12.6. The van der Waals surface area contributed by atoms with E-state index in [9.17, 15) is 9.90 Å². The third-order valence-electron chi connectivity index (χ3n) is 5.85. The van der Waals surface area contributed by atoms with Crippen LogP contribution in [0.1, 0.15) is 34.7 Å². The zero-order valence-electron chi connectivity index (χ0n) is 18.5. The maximum atomic E-state index is 12.6. The Morgan fingerprint density at radius 3 is 2.82 bits per heavy atom. The number of fused-ring (bicyclic) bond motifs is 1. The Kier molecular flexibility index (Phi) is 6.64. The van der Waals surface area contributed by atoms with Crippen LogP contribution < -0.4 is 19.5 Å². The Labute approximate surface area is 196 Å². The first kappa shape index (κ1) is 22.2. The lowest BCUT2D eigenvalue weighted by Crippen LogP contribution is -2.46. The lowest BCUT2D eigenvalue weighted by atomic mass is 9.98. The van der Waals surface area contributed by atoms with Crippen molar-refractivity contribution < 1.29 is 33.4 Å². The predicted octanol–water partition coefficient (Wildman–Crippen LogP) is 2.86. The molecular weight excluding hydrogens is 440 g/mol. The number of ether oxygens (including phenoxy) is 4. The smallest absolute Gasteiger partial charge is 0.251 e. The van der Waals surface area contributed by atoms with Crippen molar-refractivity contribution in [3.63, 3.8) is 0 Å².